The first kappa shape index (κ1) is 12.3. The zero-order chi connectivity index (χ0) is 12.4. The summed E-state index contributed by atoms with van der Waals surface area (Å²) in [4.78, 5) is 14.7. The first-order chi connectivity index (χ1) is 8.11. The molecule has 0 saturated heterocycles. The van der Waals surface area contributed by atoms with Crippen LogP contribution in [0.3, 0.4) is 0 Å². The van der Waals surface area contributed by atoms with Gasteiger partial charge in [0, 0.05) is 11.0 Å². The molecule has 1 aromatic heterocycles. The number of amides is 1. The molecule has 4 nitrogen and oxygen atoms in total. The normalized spacial score (nSPS) is 10.7. The molecular weight excluding hydrogens is 302 g/mol. The van der Waals surface area contributed by atoms with Crippen LogP contribution >= 0.6 is 28.1 Å². The van der Waals surface area contributed by atoms with Crippen LogP contribution in [0.25, 0.3) is 11.0 Å². The first-order valence-electron chi connectivity index (χ1n) is 5.26. The zero-order valence-corrected chi connectivity index (χ0v) is 11.7. The smallest absolute Gasteiger partial charge is 0.240 e. The van der Waals surface area contributed by atoms with Crippen molar-refractivity contribution in [2.75, 3.05) is 6.54 Å². The van der Waals surface area contributed by atoms with Gasteiger partial charge >= 0.3 is 0 Å². The first-order valence-corrected chi connectivity index (χ1v) is 6.46. The summed E-state index contributed by atoms with van der Waals surface area (Å²) in [5.74, 6) is -0.0375. The lowest BCUT2D eigenvalue weighted by atomic mass is 10.3. The van der Waals surface area contributed by atoms with Crippen LogP contribution in [0.4, 0.5) is 0 Å². The van der Waals surface area contributed by atoms with Gasteiger partial charge in [0.2, 0.25) is 5.91 Å². The molecule has 6 heteroatoms. The van der Waals surface area contributed by atoms with Gasteiger partial charge in [-0.05, 0) is 37.3 Å². The Labute approximate surface area is 112 Å². The van der Waals surface area contributed by atoms with Crippen molar-refractivity contribution in [2.24, 2.45) is 0 Å². The van der Waals surface area contributed by atoms with Crippen LogP contribution < -0.4 is 5.32 Å². The Morgan fingerprint density at radius 1 is 1.59 bits per heavy atom. The van der Waals surface area contributed by atoms with Crippen LogP contribution in [0.1, 0.15) is 6.92 Å². The molecule has 1 amide bonds. The van der Waals surface area contributed by atoms with Gasteiger partial charge in [-0.25, -0.2) is 0 Å². The summed E-state index contributed by atoms with van der Waals surface area (Å²) in [6.07, 6.45) is 0. The van der Waals surface area contributed by atoms with E-state index in [1.807, 2.05) is 25.1 Å². The third kappa shape index (κ3) is 2.58. The SMILES string of the molecule is CCNC(=O)Cn1c(=S)[nH]c2ccc(Br)cc21. The molecule has 0 aliphatic rings. The van der Waals surface area contributed by atoms with Gasteiger partial charge in [-0.3, -0.25) is 4.79 Å². The van der Waals surface area contributed by atoms with Gasteiger partial charge in [-0.1, -0.05) is 15.9 Å². The van der Waals surface area contributed by atoms with E-state index in [4.69, 9.17) is 12.2 Å². The molecule has 0 radical (unpaired) electrons. The molecule has 2 N–H and O–H groups in total. The molecule has 1 heterocycles. The molecule has 17 heavy (non-hydrogen) atoms. The van der Waals surface area contributed by atoms with Crippen LogP contribution in [-0.2, 0) is 11.3 Å². The second kappa shape index (κ2) is 5.01. The van der Waals surface area contributed by atoms with E-state index in [9.17, 15) is 4.79 Å². The van der Waals surface area contributed by atoms with Crippen molar-refractivity contribution in [3.63, 3.8) is 0 Å². The molecule has 0 spiro atoms. The maximum absolute atomic E-state index is 11.6. The highest BCUT2D eigenvalue weighted by Gasteiger charge is 2.08. The Morgan fingerprint density at radius 2 is 2.35 bits per heavy atom. The van der Waals surface area contributed by atoms with E-state index in [1.54, 1.807) is 4.57 Å². The largest absolute Gasteiger partial charge is 0.355 e. The fourth-order valence-corrected chi connectivity index (χ4v) is 2.30. The van der Waals surface area contributed by atoms with Gasteiger partial charge in [0.1, 0.15) is 6.54 Å². The van der Waals surface area contributed by atoms with Gasteiger partial charge in [-0.2, -0.15) is 0 Å². The molecule has 0 bridgehead atoms. The number of halogens is 1. The van der Waals surface area contributed by atoms with E-state index in [0.717, 1.165) is 15.5 Å². The second-order valence-corrected chi connectivity index (χ2v) is 4.93. The van der Waals surface area contributed by atoms with Crippen LogP contribution in [-0.4, -0.2) is 22.0 Å². The summed E-state index contributed by atoms with van der Waals surface area (Å²) in [6.45, 7) is 2.75. The standard InChI is InChI=1S/C11H12BrN3OS/c1-2-13-10(16)6-15-9-5-7(12)3-4-8(9)14-11(15)17/h3-5H,2,6H2,1H3,(H,13,16)(H,14,17). The summed E-state index contributed by atoms with van der Waals surface area (Å²) in [6, 6.07) is 5.81. The van der Waals surface area contributed by atoms with Crippen molar-refractivity contribution in [1.29, 1.82) is 0 Å². The maximum atomic E-state index is 11.6. The minimum Gasteiger partial charge on any atom is -0.355 e. The van der Waals surface area contributed by atoms with E-state index in [-0.39, 0.29) is 12.5 Å². The number of fused-ring (bicyclic) bond motifs is 1. The molecule has 0 aliphatic carbocycles. The number of rotatable bonds is 3. The van der Waals surface area contributed by atoms with Gasteiger partial charge in [0.25, 0.3) is 0 Å². The Morgan fingerprint density at radius 3 is 3.06 bits per heavy atom. The Kier molecular flexibility index (Phi) is 3.63. The third-order valence-electron chi connectivity index (χ3n) is 2.41. The quantitative estimate of drug-likeness (QED) is 0.856. The van der Waals surface area contributed by atoms with E-state index in [1.165, 1.54) is 0 Å². The number of hydrogen-bond acceptors (Lipinski definition) is 2. The van der Waals surface area contributed by atoms with Gasteiger partial charge in [0.15, 0.2) is 4.77 Å². The van der Waals surface area contributed by atoms with E-state index in [0.29, 0.717) is 11.3 Å². The number of imidazole rings is 1. The summed E-state index contributed by atoms with van der Waals surface area (Å²) < 4.78 is 3.31. The number of aromatic amines is 1. The van der Waals surface area contributed by atoms with E-state index < -0.39 is 0 Å². The molecule has 0 unspecified atom stereocenters. The summed E-state index contributed by atoms with van der Waals surface area (Å²) in [5.41, 5.74) is 1.86. The lowest BCUT2D eigenvalue weighted by Gasteiger charge is -2.04. The topological polar surface area (TPSA) is 49.8 Å². The predicted molar refractivity (Wildman–Crippen MR) is 73.5 cm³/mol. The molecule has 0 atom stereocenters. The highest BCUT2D eigenvalue weighted by atomic mass is 79.9. The van der Waals surface area contributed by atoms with E-state index >= 15 is 0 Å². The van der Waals surface area contributed by atoms with Crippen LogP contribution in [0.2, 0.25) is 0 Å². The minimum atomic E-state index is -0.0375. The van der Waals surface area contributed by atoms with Crippen molar-refractivity contribution in [1.82, 2.24) is 14.9 Å². The minimum absolute atomic E-state index is 0.0375. The molecule has 2 aromatic rings. The zero-order valence-electron chi connectivity index (χ0n) is 9.29. The lowest BCUT2D eigenvalue weighted by Crippen LogP contribution is -2.27. The fourth-order valence-electron chi connectivity index (χ4n) is 1.68. The molecular formula is C11H12BrN3OS. The van der Waals surface area contributed by atoms with Gasteiger partial charge < -0.3 is 14.9 Å². The average molecular weight is 314 g/mol. The number of nitrogens with zero attached hydrogens (tertiary/aromatic N) is 1. The van der Waals surface area contributed by atoms with Crippen molar-refractivity contribution < 1.29 is 4.79 Å². The number of carbonyl (C=O) groups is 1. The number of carbonyl (C=O) groups excluding carboxylic acids is 1. The summed E-state index contributed by atoms with van der Waals surface area (Å²) in [7, 11) is 0. The number of likely N-dealkylation sites (N-methyl/N-ethyl adjacent to an activating group) is 1. The molecule has 2 rings (SSSR count). The molecule has 0 fully saturated rings. The van der Waals surface area contributed by atoms with E-state index in [2.05, 4.69) is 26.2 Å². The van der Waals surface area contributed by atoms with Gasteiger partial charge in [-0.15, -0.1) is 0 Å². The van der Waals surface area contributed by atoms with Crippen LogP contribution in [0, 0.1) is 4.77 Å². The second-order valence-electron chi connectivity index (χ2n) is 3.63. The number of nitrogens with one attached hydrogen (secondary N) is 2. The summed E-state index contributed by atoms with van der Waals surface area (Å²) in [5, 5.41) is 2.76. The van der Waals surface area contributed by atoms with Crippen molar-refractivity contribution in [2.45, 2.75) is 13.5 Å². The van der Waals surface area contributed by atoms with Crippen LogP contribution in [0.5, 0.6) is 0 Å². The van der Waals surface area contributed by atoms with Crippen molar-refractivity contribution in [3.8, 4) is 0 Å². The number of H-pyrrole nitrogens is 1. The third-order valence-corrected chi connectivity index (χ3v) is 3.23. The lowest BCUT2D eigenvalue weighted by molar-refractivity contribution is -0.121. The maximum Gasteiger partial charge on any atom is 0.240 e. The monoisotopic (exact) mass is 313 g/mol. The Hall–Kier alpha value is -1.14. The highest BCUT2D eigenvalue weighted by molar-refractivity contribution is 9.10. The van der Waals surface area contributed by atoms with Crippen molar-refractivity contribution in [3.05, 3.63) is 27.4 Å². The number of aromatic nitrogens is 2. The molecule has 90 valence electrons. The fraction of sp³-hybridized carbons (Fsp3) is 0.273. The molecule has 0 aliphatic heterocycles. The highest BCUT2D eigenvalue weighted by Crippen LogP contribution is 2.19. The van der Waals surface area contributed by atoms with Crippen LogP contribution in [0.15, 0.2) is 22.7 Å². The number of benzene rings is 1. The Balaban J connectivity index is 2.45. The van der Waals surface area contributed by atoms with Crippen molar-refractivity contribution >= 4 is 45.1 Å². The summed E-state index contributed by atoms with van der Waals surface area (Å²) >= 11 is 8.62. The molecule has 0 saturated carbocycles. The average Bonchev–Trinajstić information content (AvgIpc) is 2.56. The number of hydrogen-bond donors (Lipinski definition) is 2. The predicted octanol–water partition coefficient (Wildman–Crippen LogP) is 2.60. The molecule has 1 aromatic carbocycles. The Bertz CT molecular complexity index is 617. The van der Waals surface area contributed by atoms with Gasteiger partial charge in [0.05, 0.1) is 11.0 Å².